The Morgan fingerprint density at radius 2 is 1.75 bits per heavy atom. The van der Waals surface area contributed by atoms with E-state index in [9.17, 15) is 4.21 Å². The molecule has 82 valence electrons. The van der Waals surface area contributed by atoms with Crippen LogP contribution in [0.25, 0.3) is 0 Å². The fourth-order valence-corrected chi connectivity index (χ4v) is 2.99. The van der Waals surface area contributed by atoms with Crippen LogP contribution < -0.4 is 0 Å². The summed E-state index contributed by atoms with van der Waals surface area (Å²) in [5.74, 6) is 0.559. The summed E-state index contributed by atoms with van der Waals surface area (Å²) in [5, 5.41) is 0. The van der Waals surface area contributed by atoms with Crippen molar-refractivity contribution in [1.82, 2.24) is 0 Å². The summed E-state index contributed by atoms with van der Waals surface area (Å²) in [5.41, 5.74) is 1.08. The summed E-state index contributed by atoms with van der Waals surface area (Å²) in [6.45, 7) is 0. The van der Waals surface area contributed by atoms with Crippen LogP contribution in [0, 0.1) is 0 Å². The van der Waals surface area contributed by atoms with Gasteiger partial charge in [0.05, 0.1) is 16.6 Å². The van der Waals surface area contributed by atoms with Crippen molar-refractivity contribution in [3.8, 4) is 0 Å². The molecule has 0 aliphatic rings. The molecule has 1 nitrogen and oxygen atoms in total. The molecule has 1 atom stereocenters. The zero-order chi connectivity index (χ0) is 11.4. The minimum atomic E-state index is -0.963. The van der Waals surface area contributed by atoms with Gasteiger partial charge < -0.3 is 0 Å². The lowest BCUT2D eigenvalue weighted by Gasteiger charge is -2.02. The summed E-state index contributed by atoms with van der Waals surface area (Å²) >= 11 is 3.41. The number of halogens is 1. The Hall–Kier alpha value is -0.930. The van der Waals surface area contributed by atoms with Crippen molar-refractivity contribution in [3.05, 3.63) is 64.6 Å². The van der Waals surface area contributed by atoms with Gasteiger partial charge in [-0.25, -0.2) is 0 Å². The van der Waals surface area contributed by atoms with Crippen LogP contribution in [0.1, 0.15) is 5.56 Å². The predicted molar refractivity (Wildman–Crippen MR) is 70.7 cm³/mol. The van der Waals surface area contributed by atoms with E-state index in [1.54, 1.807) is 0 Å². The fraction of sp³-hybridized carbons (Fsp3) is 0.0769. The zero-order valence-corrected chi connectivity index (χ0v) is 11.0. The normalized spacial score (nSPS) is 12.3. The fourth-order valence-electron chi connectivity index (χ4n) is 1.43. The second-order valence-electron chi connectivity index (χ2n) is 3.43. The van der Waals surface area contributed by atoms with Crippen LogP contribution in [-0.4, -0.2) is 4.21 Å². The van der Waals surface area contributed by atoms with Gasteiger partial charge in [-0.1, -0.05) is 46.3 Å². The molecule has 0 saturated heterocycles. The topological polar surface area (TPSA) is 17.1 Å². The van der Waals surface area contributed by atoms with E-state index in [0.29, 0.717) is 5.75 Å². The smallest absolute Gasteiger partial charge is 0.0574 e. The third-order valence-electron chi connectivity index (χ3n) is 2.19. The van der Waals surface area contributed by atoms with Gasteiger partial charge in [-0.3, -0.25) is 4.21 Å². The molecule has 0 radical (unpaired) electrons. The summed E-state index contributed by atoms with van der Waals surface area (Å²) in [7, 11) is -0.963. The molecule has 0 saturated carbocycles. The highest BCUT2D eigenvalue weighted by atomic mass is 79.9. The average molecular weight is 295 g/mol. The number of hydrogen-bond donors (Lipinski definition) is 0. The molecule has 0 amide bonds. The van der Waals surface area contributed by atoms with E-state index in [-0.39, 0.29) is 0 Å². The van der Waals surface area contributed by atoms with Gasteiger partial charge in [0.1, 0.15) is 0 Å². The highest BCUT2D eigenvalue weighted by Gasteiger charge is 2.04. The molecule has 2 aromatic rings. The maximum Gasteiger partial charge on any atom is 0.0574 e. The summed E-state index contributed by atoms with van der Waals surface area (Å²) in [4.78, 5) is 0.877. The summed E-state index contributed by atoms with van der Waals surface area (Å²) in [6.07, 6.45) is 0. The molecule has 1 unspecified atom stereocenters. The van der Waals surface area contributed by atoms with Crippen LogP contribution in [0.2, 0.25) is 0 Å². The van der Waals surface area contributed by atoms with E-state index in [1.165, 1.54) is 0 Å². The second-order valence-corrected chi connectivity index (χ2v) is 5.80. The molecular formula is C13H11BrOS. The molecule has 16 heavy (non-hydrogen) atoms. The molecule has 0 spiro atoms. The van der Waals surface area contributed by atoms with E-state index in [2.05, 4.69) is 15.9 Å². The molecule has 0 aliphatic carbocycles. The average Bonchev–Trinajstić information content (AvgIpc) is 2.30. The second kappa shape index (κ2) is 5.41. The molecule has 0 aromatic heterocycles. The maximum atomic E-state index is 12.0. The third kappa shape index (κ3) is 3.03. The number of hydrogen-bond acceptors (Lipinski definition) is 1. The SMILES string of the molecule is O=S(Cc1cccc(Br)c1)c1ccccc1. The first-order chi connectivity index (χ1) is 7.75. The first kappa shape index (κ1) is 11.6. The Bertz CT molecular complexity index is 496. The Kier molecular flexibility index (Phi) is 3.91. The number of benzene rings is 2. The van der Waals surface area contributed by atoms with Crippen molar-refractivity contribution in [2.75, 3.05) is 0 Å². The van der Waals surface area contributed by atoms with Gasteiger partial charge in [-0.05, 0) is 29.8 Å². The van der Waals surface area contributed by atoms with Crippen molar-refractivity contribution >= 4 is 26.7 Å². The van der Waals surface area contributed by atoms with Gasteiger partial charge in [0.2, 0.25) is 0 Å². The quantitative estimate of drug-likeness (QED) is 0.842. The van der Waals surface area contributed by atoms with Crippen molar-refractivity contribution in [1.29, 1.82) is 0 Å². The van der Waals surface area contributed by atoms with Crippen molar-refractivity contribution in [2.24, 2.45) is 0 Å². The van der Waals surface area contributed by atoms with Gasteiger partial charge in [-0.2, -0.15) is 0 Å². The van der Waals surface area contributed by atoms with Crippen LogP contribution in [0.15, 0.2) is 64.0 Å². The molecule has 2 rings (SSSR count). The highest BCUT2D eigenvalue weighted by molar-refractivity contribution is 9.10. The first-order valence-corrected chi connectivity index (χ1v) is 7.05. The minimum absolute atomic E-state index is 0.559. The Labute approximate surface area is 106 Å². The van der Waals surface area contributed by atoms with Gasteiger partial charge in [0.15, 0.2) is 0 Å². The first-order valence-electron chi connectivity index (χ1n) is 4.93. The van der Waals surface area contributed by atoms with Gasteiger partial charge >= 0.3 is 0 Å². The van der Waals surface area contributed by atoms with Crippen LogP contribution in [0.3, 0.4) is 0 Å². The summed E-state index contributed by atoms with van der Waals surface area (Å²) < 4.78 is 13.0. The highest BCUT2D eigenvalue weighted by Crippen LogP contribution is 2.16. The third-order valence-corrected chi connectivity index (χ3v) is 4.08. The largest absolute Gasteiger partial charge is 0.254 e. The molecule has 0 bridgehead atoms. The van der Waals surface area contributed by atoms with E-state index < -0.39 is 10.8 Å². The summed E-state index contributed by atoms with van der Waals surface area (Å²) in [6, 6.07) is 17.5. The Balaban J connectivity index is 2.14. The van der Waals surface area contributed by atoms with E-state index in [1.807, 2.05) is 54.6 Å². The molecule has 0 N–H and O–H groups in total. The van der Waals surface area contributed by atoms with Gasteiger partial charge in [0.25, 0.3) is 0 Å². The van der Waals surface area contributed by atoms with Crippen LogP contribution in [-0.2, 0) is 16.6 Å². The molecule has 0 fully saturated rings. The van der Waals surface area contributed by atoms with E-state index in [4.69, 9.17) is 0 Å². The van der Waals surface area contributed by atoms with E-state index in [0.717, 1.165) is 14.9 Å². The molecular weight excluding hydrogens is 284 g/mol. The Morgan fingerprint density at radius 1 is 1.00 bits per heavy atom. The van der Waals surface area contributed by atoms with Crippen LogP contribution in [0.5, 0.6) is 0 Å². The monoisotopic (exact) mass is 294 g/mol. The maximum absolute atomic E-state index is 12.0. The lowest BCUT2D eigenvalue weighted by Crippen LogP contribution is -1.95. The van der Waals surface area contributed by atoms with Crippen LogP contribution >= 0.6 is 15.9 Å². The van der Waals surface area contributed by atoms with E-state index >= 15 is 0 Å². The van der Waals surface area contributed by atoms with Gasteiger partial charge in [0, 0.05) is 9.37 Å². The lowest BCUT2D eigenvalue weighted by atomic mass is 10.2. The molecule has 2 aromatic carbocycles. The zero-order valence-electron chi connectivity index (χ0n) is 8.60. The van der Waals surface area contributed by atoms with Crippen molar-refractivity contribution < 1.29 is 4.21 Å². The van der Waals surface area contributed by atoms with Crippen molar-refractivity contribution in [2.45, 2.75) is 10.6 Å². The standard InChI is InChI=1S/C13H11BrOS/c14-12-6-4-5-11(9-12)10-16(15)13-7-2-1-3-8-13/h1-9H,10H2. The Morgan fingerprint density at radius 3 is 2.44 bits per heavy atom. The number of rotatable bonds is 3. The lowest BCUT2D eigenvalue weighted by molar-refractivity contribution is 0.682. The van der Waals surface area contributed by atoms with Crippen molar-refractivity contribution in [3.63, 3.8) is 0 Å². The molecule has 0 heterocycles. The van der Waals surface area contributed by atoms with Gasteiger partial charge in [-0.15, -0.1) is 0 Å². The van der Waals surface area contributed by atoms with Crippen LogP contribution in [0.4, 0.5) is 0 Å². The molecule has 3 heteroatoms. The minimum Gasteiger partial charge on any atom is -0.254 e. The predicted octanol–water partition coefficient (Wildman–Crippen LogP) is 3.76. The molecule has 0 aliphatic heterocycles.